The minimum atomic E-state index is 0.423. The number of rotatable bonds is 7. The molecule has 0 aliphatic rings. The van der Waals surface area contributed by atoms with Crippen LogP contribution in [0.1, 0.15) is 46.6 Å². The quantitative estimate of drug-likeness (QED) is 0.255. The Kier molecular flexibility index (Phi) is 7.44. The molecule has 0 nitrogen and oxygen atoms in total. The Morgan fingerprint density at radius 3 is 1.19 bits per heavy atom. The lowest BCUT2D eigenvalue weighted by Gasteiger charge is -2.17. The molecule has 4 aromatic carbocycles. The largest absolute Gasteiger partial charge is 0.0856 e. The van der Waals surface area contributed by atoms with Gasteiger partial charge < -0.3 is 0 Å². The van der Waals surface area contributed by atoms with Crippen molar-refractivity contribution in [3.8, 4) is 22.3 Å². The van der Waals surface area contributed by atoms with Crippen LogP contribution in [0.15, 0.2) is 97.1 Å². The molecule has 0 unspecified atom stereocenters. The van der Waals surface area contributed by atoms with Crippen molar-refractivity contribution in [2.24, 2.45) is 0 Å². The summed E-state index contributed by atoms with van der Waals surface area (Å²) in [7, 11) is 3.92. The lowest BCUT2D eigenvalue weighted by atomic mass is 10.0. The zero-order chi connectivity index (χ0) is 22.5. The van der Waals surface area contributed by atoms with Crippen molar-refractivity contribution >= 4 is 21.6 Å². The van der Waals surface area contributed by atoms with Gasteiger partial charge in [-0.25, -0.2) is 0 Å². The second-order valence-corrected chi connectivity index (χ2v) is 11.4. The molecule has 4 aromatic rings. The average molecular weight is 455 g/mol. The Bertz CT molecular complexity index is 1100. The standard InChI is InChI=1S/C30H30S2/c1-21-9-5-13-27(17-21)29-15-7-11-25(19-29)23(3)31-32-24(4)26-12-8-16-30(20-26)28-14-6-10-22(2)18-28/h5-20,23-24H,1-4H3/t23-,24-/m1/s1. The summed E-state index contributed by atoms with van der Waals surface area (Å²) < 4.78 is 0. The Morgan fingerprint density at radius 2 is 0.812 bits per heavy atom. The molecule has 0 saturated heterocycles. The van der Waals surface area contributed by atoms with E-state index in [1.165, 1.54) is 44.5 Å². The lowest BCUT2D eigenvalue weighted by Crippen LogP contribution is -1.91. The molecule has 2 heteroatoms. The fourth-order valence-electron chi connectivity index (χ4n) is 3.87. The van der Waals surface area contributed by atoms with Gasteiger partial charge in [-0.3, -0.25) is 0 Å². The minimum absolute atomic E-state index is 0.423. The zero-order valence-electron chi connectivity index (χ0n) is 19.2. The molecule has 0 saturated carbocycles. The predicted octanol–water partition coefficient (Wildman–Crippen LogP) is 9.84. The third kappa shape index (κ3) is 5.68. The molecule has 0 aliphatic heterocycles. The van der Waals surface area contributed by atoms with E-state index >= 15 is 0 Å². The molecule has 0 heterocycles. The van der Waals surface area contributed by atoms with Crippen LogP contribution in [0.25, 0.3) is 22.3 Å². The van der Waals surface area contributed by atoms with Crippen LogP contribution in [-0.2, 0) is 0 Å². The maximum absolute atomic E-state index is 2.34. The van der Waals surface area contributed by atoms with E-state index in [9.17, 15) is 0 Å². The zero-order valence-corrected chi connectivity index (χ0v) is 20.8. The maximum atomic E-state index is 2.34. The van der Waals surface area contributed by atoms with Crippen molar-refractivity contribution in [3.05, 3.63) is 119 Å². The third-order valence-electron chi connectivity index (χ3n) is 5.76. The smallest absolute Gasteiger partial charge is 0.0373 e. The average Bonchev–Trinajstić information content (AvgIpc) is 2.82. The molecule has 4 rings (SSSR count). The molecule has 0 N–H and O–H groups in total. The van der Waals surface area contributed by atoms with Crippen molar-refractivity contribution in [2.75, 3.05) is 0 Å². The number of hydrogen-bond acceptors (Lipinski definition) is 2. The van der Waals surface area contributed by atoms with Gasteiger partial charge in [-0.05, 0) is 61.1 Å². The highest BCUT2D eigenvalue weighted by atomic mass is 33.1. The number of hydrogen-bond donors (Lipinski definition) is 0. The van der Waals surface area contributed by atoms with Crippen molar-refractivity contribution in [1.29, 1.82) is 0 Å². The highest BCUT2D eigenvalue weighted by molar-refractivity contribution is 8.76. The van der Waals surface area contributed by atoms with Crippen LogP contribution in [0, 0.1) is 13.8 Å². The normalized spacial score (nSPS) is 13.0. The first-order valence-electron chi connectivity index (χ1n) is 11.2. The van der Waals surface area contributed by atoms with Crippen molar-refractivity contribution in [1.82, 2.24) is 0 Å². The highest BCUT2D eigenvalue weighted by Gasteiger charge is 2.13. The predicted molar refractivity (Wildman–Crippen MR) is 145 cm³/mol. The molecular weight excluding hydrogens is 424 g/mol. The van der Waals surface area contributed by atoms with Crippen molar-refractivity contribution in [3.63, 3.8) is 0 Å². The van der Waals surface area contributed by atoms with Crippen LogP contribution < -0.4 is 0 Å². The summed E-state index contributed by atoms with van der Waals surface area (Å²) in [5.41, 5.74) is 10.5. The Labute approximate surface area is 200 Å². The first kappa shape index (κ1) is 22.8. The fraction of sp³-hybridized carbons (Fsp3) is 0.200. The molecule has 0 fully saturated rings. The fourth-order valence-corrected chi connectivity index (χ4v) is 6.38. The summed E-state index contributed by atoms with van der Waals surface area (Å²) in [6.07, 6.45) is 0. The Balaban J connectivity index is 1.44. The molecule has 32 heavy (non-hydrogen) atoms. The number of aryl methyl sites for hydroxylation is 2. The molecule has 162 valence electrons. The van der Waals surface area contributed by atoms with E-state index in [-0.39, 0.29) is 0 Å². The van der Waals surface area contributed by atoms with E-state index in [1.807, 2.05) is 21.6 Å². The molecule has 0 aromatic heterocycles. The van der Waals surface area contributed by atoms with Crippen LogP contribution >= 0.6 is 21.6 Å². The summed E-state index contributed by atoms with van der Waals surface area (Å²) in [5, 5.41) is 0.847. The van der Waals surface area contributed by atoms with Crippen molar-refractivity contribution < 1.29 is 0 Å². The SMILES string of the molecule is Cc1cccc(-c2cccc([C@@H](C)SS[C@H](C)c3cccc(-c4cccc(C)c4)c3)c2)c1. The minimum Gasteiger partial charge on any atom is -0.0856 e. The van der Waals surface area contributed by atoms with E-state index in [0.29, 0.717) is 10.5 Å². The topological polar surface area (TPSA) is 0 Å². The summed E-state index contributed by atoms with van der Waals surface area (Å²) in [6.45, 7) is 8.92. The number of benzene rings is 4. The van der Waals surface area contributed by atoms with Gasteiger partial charge in [0.1, 0.15) is 0 Å². The van der Waals surface area contributed by atoms with Gasteiger partial charge >= 0.3 is 0 Å². The molecule has 0 bridgehead atoms. The first-order valence-corrected chi connectivity index (χ1v) is 13.4. The van der Waals surface area contributed by atoms with E-state index < -0.39 is 0 Å². The lowest BCUT2D eigenvalue weighted by molar-refractivity contribution is 1.10. The maximum Gasteiger partial charge on any atom is 0.0373 e. The Hall–Kier alpha value is -2.42. The van der Waals surface area contributed by atoms with E-state index in [0.717, 1.165) is 0 Å². The van der Waals surface area contributed by atoms with Crippen molar-refractivity contribution in [2.45, 2.75) is 38.2 Å². The van der Waals surface area contributed by atoms with E-state index in [4.69, 9.17) is 0 Å². The van der Waals surface area contributed by atoms with Gasteiger partial charge in [0.25, 0.3) is 0 Å². The second kappa shape index (κ2) is 10.5. The van der Waals surface area contributed by atoms with Crippen LogP contribution in [0.4, 0.5) is 0 Å². The van der Waals surface area contributed by atoms with Gasteiger partial charge in [-0.15, -0.1) is 0 Å². The summed E-state index contributed by atoms with van der Waals surface area (Å²) in [5.74, 6) is 0. The molecular formula is C30H30S2. The molecule has 0 radical (unpaired) electrons. The van der Waals surface area contributed by atoms with Crippen LogP contribution in [-0.4, -0.2) is 0 Å². The third-order valence-corrected chi connectivity index (χ3v) is 9.06. The van der Waals surface area contributed by atoms with Gasteiger partial charge in [0.15, 0.2) is 0 Å². The van der Waals surface area contributed by atoms with Crippen LogP contribution in [0.3, 0.4) is 0 Å². The van der Waals surface area contributed by atoms with Gasteiger partial charge in [-0.1, -0.05) is 130 Å². The first-order chi connectivity index (χ1) is 15.5. The summed E-state index contributed by atoms with van der Waals surface area (Å²) in [6, 6.07) is 35.5. The molecule has 2 atom stereocenters. The molecule has 0 spiro atoms. The van der Waals surface area contributed by atoms with Gasteiger partial charge in [0, 0.05) is 10.5 Å². The van der Waals surface area contributed by atoms with E-state index in [1.54, 1.807) is 0 Å². The van der Waals surface area contributed by atoms with Gasteiger partial charge in [0.05, 0.1) is 0 Å². The second-order valence-electron chi connectivity index (χ2n) is 8.47. The van der Waals surface area contributed by atoms with E-state index in [2.05, 4.69) is 125 Å². The van der Waals surface area contributed by atoms with Gasteiger partial charge in [-0.2, -0.15) is 0 Å². The van der Waals surface area contributed by atoms with Gasteiger partial charge in [0.2, 0.25) is 0 Å². The van der Waals surface area contributed by atoms with Crippen LogP contribution in [0.2, 0.25) is 0 Å². The monoisotopic (exact) mass is 454 g/mol. The highest BCUT2D eigenvalue weighted by Crippen LogP contribution is 2.46. The van der Waals surface area contributed by atoms with Crippen LogP contribution in [0.5, 0.6) is 0 Å². The summed E-state index contributed by atoms with van der Waals surface area (Å²) >= 11 is 0. The molecule has 0 aliphatic carbocycles. The summed E-state index contributed by atoms with van der Waals surface area (Å²) in [4.78, 5) is 0. The molecule has 0 amide bonds. The Morgan fingerprint density at radius 1 is 0.469 bits per heavy atom.